The lowest BCUT2D eigenvalue weighted by molar-refractivity contribution is 0.0244. The van der Waals surface area contributed by atoms with Crippen LogP contribution in [-0.4, -0.2) is 77.5 Å². The summed E-state index contributed by atoms with van der Waals surface area (Å²) in [6, 6.07) is 9.21. The van der Waals surface area contributed by atoms with Crippen LogP contribution in [0.2, 0.25) is 25.7 Å². The molecule has 1 unspecified atom stereocenters. The maximum atomic E-state index is 9.35. The normalized spacial score (nSPS) is 19.4. The van der Waals surface area contributed by atoms with Gasteiger partial charge in [-0.1, -0.05) is 19.6 Å². The van der Waals surface area contributed by atoms with Gasteiger partial charge in [-0.2, -0.15) is 5.10 Å². The Hall–Kier alpha value is -2.53. The average molecular weight is 526 g/mol. The van der Waals surface area contributed by atoms with Gasteiger partial charge in [-0.3, -0.25) is 0 Å². The van der Waals surface area contributed by atoms with Crippen LogP contribution in [0, 0.1) is 0 Å². The van der Waals surface area contributed by atoms with Crippen LogP contribution in [0.25, 0.3) is 22.3 Å². The molecular weight excluding hydrogens is 486 g/mol. The van der Waals surface area contributed by atoms with Crippen molar-refractivity contribution in [1.82, 2.24) is 19.7 Å². The fourth-order valence-electron chi connectivity index (χ4n) is 4.53. The Morgan fingerprint density at radius 2 is 2.03 bits per heavy atom. The Kier molecular flexibility index (Phi) is 7.53. The van der Waals surface area contributed by atoms with Crippen LogP contribution in [0.3, 0.4) is 0 Å². The third-order valence-corrected chi connectivity index (χ3v) is 8.75. The molecule has 1 atom stereocenters. The molecule has 200 valence electrons. The molecule has 1 aliphatic heterocycles. The van der Waals surface area contributed by atoms with Crippen molar-refractivity contribution in [3.8, 4) is 17.1 Å². The van der Waals surface area contributed by atoms with Gasteiger partial charge in [-0.05, 0) is 50.4 Å². The van der Waals surface area contributed by atoms with Gasteiger partial charge in [0.2, 0.25) is 0 Å². The van der Waals surface area contributed by atoms with Gasteiger partial charge < -0.3 is 24.2 Å². The maximum Gasteiger partial charge on any atom is 0.140 e. The van der Waals surface area contributed by atoms with Crippen LogP contribution in [0.5, 0.6) is 5.75 Å². The number of fused-ring (bicyclic) bond motifs is 1. The van der Waals surface area contributed by atoms with E-state index in [1.165, 1.54) is 0 Å². The van der Waals surface area contributed by atoms with Crippen LogP contribution in [0.4, 0.5) is 5.82 Å². The highest BCUT2D eigenvalue weighted by atomic mass is 28.3. The predicted octanol–water partition coefficient (Wildman–Crippen LogP) is 4.32. The Bertz CT molecular complexity index is 1220. The van der Waals surface area contributed by atoms with Crippen molar-refractivity contribution in [3.05, 3.63) is 30.6 Å². The molecule has 3 heterocycles. The first-order chi connectivity index (χ1) is 17.7. The largest absolute Gasteiger partial charge is 0.488 e. The summed E-state index contributed by atoms with van der Waals surface area (Å²) in [4.78, 5) is 11.4. The van der Waals surface area contributed by atoms with Crippen LogP contribution in [0.15, 0.2) is 30.6 Å². The first-order valence-corrected chi connectivity index (χ1v) is 17.0. The molecule has 0 spiro atoms. The zero-order valence-corrected chi connectivity index (χ0v) is 23.4. The zero-order valence-electron chi connectivity index (χ0n) is 22.4. The molecule has 9 nitrogen and oxygen atoms in total. The highest BCUT2D eigenvalue weighted by Crippen LogP contribution is 2.41. The van der Waals surface area contributed by atoms with E-state index in [1.54, 1.807) is 6.33 Å². The van der Waals surface area contributed by atoms with Gasteiger partial charge in [0.05, 0.1) is 29.6 Å². The number of aromatic nitrogens is 4. The molecule has 1 N–H and O–H groups in total. The van der Waals surface area contributed by atoms with Gasteiger partial charge in [0.25, 0.3) is 0 Å². The number of aliphatic hydroxyl groups is 1. The highest BCUT2D eigenvalue weighted by Gasteiger charge is 2.40. The van der Waals surface area contributed by atoms with Gasteiger partial charge in [0.15, 0.2) is 0 Å². The average Bonchev–Trinajstić information content (AvgIpc) is 3.47. The van der Waals surface area contributed by atoms with Crippen molar-refractivity contribution < 1.29 is 19.3 Å². The third-order valence-electron chi connectivity index (χ3n) is 7.05. The molecule has 2 aliphatic rings. The number of morpholine rings is 1. The molecule has 1 saturated carbocycles. The van der Waals surface area contributed by atoms with E-state index in [2.05, 4.69) is 47.5 Å². The molecule has 2 aromatic heterocycles. The van der Waals surface area contributed by atoms with Gasteiger partial charge in [0.1, 0.15) is 30.2 Å². The van der Waals surface area contributed by atoms with E-state index >= 15 is 0 Å². The fourth-order valence-corrected chi connectivity index (χ4v) is 5.28. The van der Waals surface area contributed by atoms with Crippen LogP contribution in [-0.2, 0) is 16.2 Å². The first-order valence-electron chi connectivity index (χ1n) is 13.3. The van der Waals surface area contributed by atoms with Crippen molar-refractivity contribution in [1.29, 1.82) is 0 Å². The van der Waals surface area contributed by atoms with Crippen molar-refractivity contribution in [3.63, 3.8) is 0 Å². The van der Waals surface area contributed by atoms with E-state index in [4.69, 9.17) is 19.3 Å². The van der Waals surface area contributed by atoms with E-state index in [0.717, 1.165) is 59.3 Å². The van der Waals surface area contributed by atoms with Crippen LogP contribution < -0.4 is 9.64 Å². The highest BCUT2D eigenvalue weighted by molar-refractivity contribution is 6.76. The molecule has 10 heteroatoms. The number of ether oxygens (including phenoxy) is 3. The molecule has 1 aromatic carbocycles. The van der Waals surface area contributed by atoms with Crippen molar-refractivity contribution in [2.45, 2.75) is 70.3 Å². The predicted molar refractivity (Wildman–Crippen MR) is 147 cm³/mol. The summed E-state index contributed by atoms with van der Waals surface area (Å²) >= 11 is 0. The molecule has 2 fully saturated rings. The fraction of sp³-hybridized carbons (Fsp3) is 0.593. The second-order valence-corrected chi connectivity index (χ2v) is 17.3. The molecule has 0 bridgehead atoms. The second kappa shape index (κ2) is 10.7. The number of nitrogens with zero attached hydrogens (tertiary/aromatic N) is 5. The molecule has 0 radical (unpaired) electrons. The molecule has 37 heavy (non-hydrogen) atoms. The number of benzene rings is 1. The monoisotopic (exact) mass is 525 g/mol. The lowest BCUT2D eigenvalue weighted by Crippen LogP contribution is -2.43. The molecule has 5 rings (SSSR count). The number of aliphatic hydroxyl groups excluding tert-OH is 1. The molecular formula is C27H39N5O4Si. The SMILES string of the molecule is CC1(Oc2ccc3nn(COCC[Si](C)(C)C)c(-c4cc(N5CCOC(CCO)C5)ncn4)c3c2)CC1. The number of hydrogen-bond acceptors (Lipinski definition) is 8. The second-order valence-electron chi connectivity index (χ2n) is 11.6. The quantitative estimate of drug-likeness (QED) is 0.292. The Morgan fingerprint density at radius 3 is 2.78 bits per heavy atom. The summed E-state index contributed by atoms with van der Waals surface area (Å²) < 4.78 is 20.1. The first kappa shape index (κ1) is 26.1. The minimum Gasteiger partial charge on any atom is -0.488 e. The summed E-state index contributed by atoms with van der Waals surface area (Å²) in [5.41, 5.74) is 2.51. The van der Waals surface area contributed by atoms with Crippen molar-refractivity contribution in [2.75, 3.05) is 37.8 Å². The van der Waals surface area contributed by atoms with E-state index in [0.29, 0.717) is 32.9 Å². The van der Waals surface area contributed by atoms with E-state index in [9.17, 15) is 5.11 Å². The third kappa shape index (κ3) is 6.49. The summed E-state index contributed by atoms with van der Waals surface area (Å²) in [6.45, 7) is 12.4. The lowest BCUT2D eigenvalue weighted by atomic mass is 10.1. The van der Waals surface area contributed by atoms with Crippen LogP contribution >= 0.6 is 0 Å². The van der Waals surface area contributed by atoms with Gasteiger partial charge in [-0.15, -0.1) is 0 Å². The summed E-state index contributed by atoms with van der Waals surface area (Å²) in [5, 5.41) is 15.2. The Labute approximate surface area is 219 Å². The number of rotatable bonds is 11. The Morgan fingerprint density at radius 1 is 1.19 bits per heavy atom. The zero-order chi connectivity index (χ0) is 26.0. The van der Waals surface area contributed by atoms with Gasteiger partial charge >= 0.3 is 0 Å². The minimum absolute atomic E-state index is 0.00761. The maximum absolute atomic E-state index is 9.35. The minimum atomic E-state index is -1.19. The standard InChI is InChI=1S/C27H39N5O4Si/c1-27(8-9-27)36-20-5-6-23-22(15-20)26(32(30-23)19-34-13-14-37(2,3)4)24-16-25(29-18-28-24)31-10-12-35-21(17-31)7-11-33/h5-6,15-16,18,21,33H,7-14,17,19H2,1-4H3. The van der Waals surface area contributed by atoms with Crippen molar-refractivity contribution >= 4 is 24.8 Å². The molecule has 3 aromatic rings. The number of anilines is 1. The van der Waals surface area contributed by atoms with Gasteiger partial charge in [0, 0.05) is 45.8 Å². The van der Waals surface area contributed by atoms with E-state index in [-0.39, 0.29) is 18.3 Å². The molecule has 1 saturated heterocycles. The van der Waals surface area contributed by atoms with Gasteiger partial charge in [-0.25, -0.2) is 14.6 Å². The molecule has 1 aliphatic carbocycles. The lowest BCUT2D eigenvalue weighted by Gasteiger charge is -2.33. The van der Waals surface area contributed by atoms with E-state index < -0.39 is 8.07 Å². The van der Waals surface area contributed by atoms with E-state index in [1.807, 2.05) is 22.9 Å². The summed E-state index contributed by atoms with van der Waals surface area (Å²) in [5.74, 6) is 1.69. The molecule has 0 amide bonds. The van der Waals surface area contributed by atoms with Crippen molar-refractivity contribution in [2.24, 2.45) is 0 Å². The summed E-state index contributed by atoms with van der Waals surface area (Å²) in [6.07, 6.45) is 4.37. The number of hydrogen-bond donors (Lipinski definition) is 1. The Balaban J connectivity index is 1.47. The smallest absolute Gasteiger partial charge is 0.140 e. The van der Waals surface area contributed by atoms with Crippen LogP contribution in [0.1, 0.15) is 26.2 Å². The topological polar surface area (TPSA) is 94.8 Å². The summed E-state index contributed by atoms with van der Waals surface area (Å²) in [7, 11) is -1.19.